The molecule has 1 aromatic heterocycles. The fourth-order valence-corrected chi connectivity index (χ4v) is 2.69. The number of amides is 1. The van der Waals surface area contributed by atoms with Gasteiger partial charge in [0.05, 0.1) is 11.3 Å². The van der Waals surface area contributed by atoms with Gasteiger partial charge in [-0.1, -0.05) is 29.4 Å². The molecule has 0 spiro atoms. The van der Waals surface area contributed by atoms with Gasteiger partial charge in [0.15, 0.2) is 0 Å². The lowest BCUT2D eigenvalue weighted by atomic mass is 10.1. The van der Waals surface area contributed by atoms with Gasteiger partial charge in [0.25, 0.3) is 0 Å². The van der Waals surface area contributed by atoms with Crippen molar-refractivity contribution in [2.75, 3.05) is 5.32 Å². The highest BCUT2D eigenvalue weighted by atomic mass is 79.9. The SMILES string of the molecule is O=C(CCc1nc(-c2cccc(C(F)(F)F)c2)no1)Nc1ccccc1Br. The zero-order valence-corrected chi connectivity index (χ0v) is 15.3. The van der Waals surface area contributed by atoms with Gasteiger partial charge in [-0.3, -0.25) is 4.79 Å². The van der Waals surface area contributed by atoms with Crippen LogP contribution >= 0.6 is 15.9 Å². The number of anilines is 1. The average Bonchev–Trinajstić information content (AvgIpc) is 3.10. The van der Waals surface area contributed by atoms with E-state index < -0.39 is 11.7 Å². The minimum atomic E-state index is -4.45. The van der Waals surface area contributed by atoms with E-state index in [2.05, 4.69) is 31.4 Å². The second-order valence-electron chi connectivity index (χ2n) is 5.62. The third kappa shape index (κ3) is 4.94. The van der Waals surface area contributed by atoms with Crippen LogP contribution in [0.3, 0.4) is 0 Å². The van der Waals surface area contributed by atoms with E-state index in [-0.39, 0.29) is 36.0 Å². The van der Waals surface area contributed by atoms with Crippen molar-refractivity contribution in [1.82, 2.24) is 10.1 Å². The zero-order valence-electron chi connectivity index (χ0n) is 13.8. The Labute approximate surface area is 160 Å². The molecule has 0 aliphatic carbocycles. The van der Waals surface area contributed by atoms with Gasteiger partial charge < -0.3 is 9.84 Å². The number of alkyl halides is 3. The van der Waals surface area contributed by atoms with E-state index in [0.717, 1.165) is 16.6 Å². The van der Waals surface area contributed by atoms with Crippen LogP contribution in [0, 0.1) is 0 Å². The highest BCUT2D eigenvalue weighted by Crippen LogP contribution is 2.31. The van der Waals surface area contributed by atoms with Gasteiger partial charge in [0.2, 0.25) is 17.6 Å². The van der Waals surface area contributed by atoms with Crippen molar-refractivity contribution in [3.63, 3.8) is 0 Å². The maximum absolute atomic E-state index is 12.8. The summed E-state index contributed by atoms with van der Waals surface area (Å²) in [6.45, 7) is 0. The van der Waals surface area contributed by atoms with Crippen LogP contribution in [0.5, 0.6) is 0 Å². The first kappa shape index (κ1) is 19.1. The molecule has 0 aliphatic rings. The van der Waals surface area contributed by atoms with Crippen molar-refractivity contribution in [2.24, 2.45) is 0 Å². The number of aromatic nitrogens is 2. The normalized spacial score (nSPS) is 11.4. The van der Waals surface area contributed by atoms with Gasteiger partial charge in [-0.15, -0.1) is 0 Å². The summed E-state index contributed by atoms with van der Waals surface area (Å²) in [7, 11) is 0. The number of nitrogens with one attached hydrogen (secondary N) is 1. The lowest BCUT2D eigenvalue weighted by molar-refractivity contribution is -0.137. The number of rotatable bonds is 5. The van der Waals surface area contributed by atoms with E-state index in [0.29, 0.717) is 5.69 Å². The van der Waals surface area contributed by atoms with E-state index in [4.69, 9.17) is 4.52 Å². The van der Waals surface area contributed by atoms with Crippen LogP contribution in [0.4, 0.5) is 18.9 Å². The van der Waals surface area contributed by atoms with Crippen LogP contribution in [-0.2, 0) is 17.4 Å². The van der Waals surface area contributed by atoms with Crippen LogP contribution < -0.4 is 5.32 Å². The van der Waals surface area contributed by atoms with E-state index in [9.17, 15) is 18.0 Å². The molecule has 3 rings (SSSR count). The summed E-state index contributed by atoms with van der Waals surface area (Å²) in [4.78, 5) is 16.1. The maximum atomic E-state index is 12.8. The predicted molar refractivity (Wildman–Crippen MR) is 95.8 cm³/mol. The molecular formula is C18H13BrF3N3O2. The predicted octanol–water partition coefficient (Wildman–Crippen LogP) is 5.09. The number of benzene rings is 2. The Kier molecular flexibility index (Phi) is 5.59. The molecule has 1 N–H and O–H groups in total. The van der Waals surface area contributed by atoms with Crippen LogP contribution in [-0.4, -0.2) is 16.0 Å². The first-order valence-electron chi connectivity index (χ1n) is 7.87. The molecule has 5 nitrogen and oxygen atoms in total. The number of halogens is 4. The molecule has 1 heterocycles. The van der Waals surface area contributed by atoms with Crippen LogP contribution in [0.2, 0.25) is 0 Å². The largest absolute Gasteiger partial charge is 0.416 e. The average molecular weight is 440 g/mol. The summed E-state index contributed by atoms with van der Waals surface area (Å²) in [6.07, 6.45) is -4.19. The van der Waals surface area contributed by atoms with E-state index in [1.165, 1.54) is 12.1 Å². The van der Waals surface area contributed by atoms with Crippen molar-refractivity contribution in [3.8, 4) is 11.4 Å². The van der Waals surface area contributed by atoms with Gasteiger partial charge >= 0.3 is 6.18 Å². The fourth-order valence-electron chi connectivity index (χ4n) is 2.30. The Hall–Kier alpha value is -2.68. The summed E-state index contributed by atoms with van der Waals surface area (Å²) in [6, 6.07) is 11.8. The Morgan fingerprint density at radius 1 is 1.15 bits per heavy atom. The van der Waals surface area contributed by atoms with E-state index >= 15 is 0 Å². The van der Waals surface area contributed by atoms with Gasteiger partial charge in [-0.25, -0.2) is 0 Å². The molecule has 3 aromatic rings. The second-order valence-corrected chi connectivity index (χ2v) is 6.47. The van der Waals surface area contributed by atoms with Crippen molar-refractivity contribution in [3.05, 3.63) is 64.5 Å². The number of hydrogen-bond acceptors (Lipinski definition) is 4. The number of nitrogens with zero attached hydrogens (tertiary/aromatic N) is 2. The number of hydrogen-bond donors (Lipinski definition) is 1. The quantitative estimate of drug-likeness (QED) is 0.601. The van der Waals surface area contributed by atoms with Crippen molar-refractivity contribution < 1.29 is 22.5 Å². The fraction of sp³-hybridized carbons (Fsp3) is 0.167. The summed E-state index contributed by atoms with van der Waals surface area (Å²) in [5, 5.41) is 6.44. The van der Waals surface area contributed by atoms with Crippen molar-refractivity contribution in [1.29, 1.82) is 0 Å². The van der Waals surface area contributed by atoms with Crippen molar-refractivity contribution >= 4 is 27.5 Å². The second kappa shape index (κ2) is 7.91. The van der Waals surface area contributed by atoms with E-state index in [1.807, 2.05) is 6.07 Å². The Bertz CT molecular complexity index is 957. The summed E-state index contributed by atoms with van der Waals surface area (Å²) in [5.41, 5.74) is 0.0364. The van der Waals surface area contributed by atoms with Gasteiger partial charge in [0.1, 0.15) is 0 Å². The molecule has 9 heteroatoms. The van der Waals surface area contributed by atoms with Gasteiger partial charge in [-0.2, -0.15) is 18.2 Å². The number of carbonyl (C=O) groups excluding carboxylic acids is 1. The lowest BCUT2D eigenvalue weighted by Gasteiger charge is -2.06. The minimum Gasteiger partial charge on any atom is -0.339 e. The molecule has 0 saturated heterocycles. The monoisotopic (exact) mass is 439 g/mol. The van der Waals surface area contributed by atoms with Gasteiger partial charge in [-0.05, 0) is 40.2 Å². The summed E-state index contributed by atoms with van der Waals surface area (Å²) < 4.78 is 44.2. The zero-order chi connectivity index (χ0) is 19.4. The Morgan fingerprint density at radius 3 is 2.67 bits per heavy atom. The van der Waals surface area contributed by atoms with Crippen molar-refractivity contribution in [2.45, 2.75) is 19.0 Å². The first-order chi connectivity index (χ1) is 12.8. The topological polar surface area (TPSA) is 68.0 Å². The number of carbonyl (C=O) groups is 1. The van der Waals surface area contributed by atoms with E-state index in [1.54, 1.807) is 18.2 Å². The molecule has 0 unspecified atom stereocenters. The van der Waals surface area contributed by atoms with Crippen LogP contribution in [0.15, 0.2) is 57.5 Å². The Morgan fingerprint density at radius 2 is 1.93 bits per heavy atom. The smallest absolute Gasteiger partial charge is 0.339 e. The summed E-state index contributed by atoms with van der Waals surface area (Å²) in [5.74, 6) is -0.0345. The molecule has 0 fully saturated rings. The lowest BCUT2D eigenvalue weighted by Crippen LogP contribution is -2.12. The highest BCUT2D eigenvalue weighted by molar-refractivity contribution is 9.10. The molecule has 0 saturated carbocycles. The summed E-state index contributed by atoms with van der Waals surface area (Å²) >= 11 is 3.33. The molecule has 2 aromatic carbocycles. The molecule has 27 heavy (non-hydrogen) atoms. The van der Waals surface area contributed by atoms with Gasteiger partial charge in [0, 0.05) is 22.9 Å². The Balaban J connectivity index is 1.63. The number of aryl methyl sites for hydroxylation is 1. The minimum absolute atomic E-state index is 0.0438. The standard InChI is InChI=1S/C18H13BrF3N3O2/c19-13-6-1-2-7-14(13)23-15(26)8-9-16-24-17(25-27-16)11-4-3-5-12(10-11)18(20,21)22/h1-7,10H,8-9H2,(H,23,26). The van der Waals surface area contributed by atoms with Crippen LogP contribution in [0.1, 0.15) is 17.9 Å². The first-order valence-corrected chi connectivity index (χ1v) is 8.67. The maximum Gasteiger partial charge on any atom is 0.416 e. The third-order valence-corrected chi connectivity index (χ3v) is 4.32. The molecule has 1 amide bonds. The highest BCUT2D eigenvalue weighted by Gasteiger charge is 2.30. The molecule has 0 aliphatic heterocycles. The molecule has 0 bridgehead atoms. The molecule has 0 atom stereocenters. The van der Waals surface area contributed by atoms with Crippen LogP contribution in [0.25, 0.3) is 11.4 Å². The third-order valence-electron chi connectivity index (χ3n) is 3.63. The number of para-hydroxylation sites is 1. The molecule has 140 valence electrons. The molecule has 0 radical (unpaired) electrons. The molecular weight excluding hydrogens is 427 g/mol.